The summed E-state index contributed by atoms with van der Waals surface area (Å²) in [5.41, 5.74) is 9.43. The minimum atomic E-state index is -0.580. The molecule has 5 rings (SSSR count). The second-order valence-electron chi connectivity index (χ2n) is 8.34. The number of nitrogens with one attached hydrogen (secondary N) is 1. The van der Waals surface area contributed by atoms with Crippen molar-refractivity contribution in [3.63, 3.8) is 0 Å². The van der Waals surface area contributed by atoms with Gasteiger partial charge in [-0.3, -0.25) is 9.59 Å². The Bertz CT molecular complexity index is 1710. The number of benzene rings is 2. The first-order valence-corrected chi connectivity index (χ1v) is 11.0. The van der Waals surface area contributed by atoms with Crippen LogP contribution in [-0.4, -0.2) is 41.0 Å². The number of carbonyl (C=O) groups excluding carboxylic acids is 2. The number of hydrogen-bond donors (Lipinski definition) is 2. The highest BCUT2D eigenvalue weighted by atomic mass is 16.2. The molecule has 2 amide bonds. The van der Waals surface area contributed by atoms with Crippen LogP contribution in [0.25, 0.3) is 22.5 Å². The molecule has 2 aromatic carbocycles. The van der Waals surface area contributed by atoms with Crippen LogP contribution in [0.15, 0.2) is 65.5 Å². The fourth-order valence-corrected chi connectivity index (χ4v) is 4.03. The zero-order valence-corrected chi connectivity index (χ0v) is 19.8. The summed E-state index contributed by atoms with van der Waals surface area (Å²) in [6, 6.07) is 17.2. The van der Waals surface area contributed by atoms with Crippen molar-refractivity contribution in [3.05, 3.63) is 93.8 Å². The number of rotatable bonds is 5. The Morgan fingerprint density at radius 3 is 2.36 bits per heavy atom. The molecule has 11 heteroatoms. The molecule has 0 atom stereocenters. The van der Waals surface area contributed by atoms with Gasteiger partial charge in [-0.25, -0.2) is 14.0 Å². The molecule has 3 N–H and O–H groups in total. The summed E-state index contributed by atoms with van der Waals surface area (Å²) in [5, 5.41) is 15.9. The molecule has 0 spiro atoms. The smallest absolute Gasteiger partial charge is 0.350 e. The Kier molecular flexibility index (Phi) is 5.44. The Labute approximate surface area is 204 Å². The lowest BCUT2D eigenvalue weighted by Crippen LogP contribution is -2.21. The van der Waals surface area contributed by atoms with Crippen molar-refractivity contribution in [3.8, 4) is 16.9 Å². The Hall–Kier alpha value is -5.06. The summed E-state index contributed by atoms with van der Waals surface area (Å²) < 4.78 is 4.23. The van der Waals surface area contributed by atoms with Crippen LogP contribution < -0.4 is 16.7 Å². The second kappa shape index (κ2) is 8.62. The first-order chi connectivity index (χ1) is 17.2. The SMILES string of the molecule is Cc1cc(C(=O)Nc2cccc(C(N)=O)c2)c2cc(-c3ccc(-n4c(C)nn(C)c4=O)cc3)nn2n1. The van der Waals surface area contributed by atoms with Gasteiger partial charge in [0.25, 0.3) is 5.91 Å². The van der Waals surface area contributed by atoms with Crippen LogP contribution in [0.3, 0.4) is 0 Å². The molecule has 3 aromatic heterocycles. The van der Waals surface area contributed by atoms with Gasteiger partial charge < -0.3 is 11.1 Å². The topological polar surface area (TPSA) is 142 Å². The molecule has 0 aliphatic carbocycles. The van der Waals surface area contributed by atoms with Gasteiger partial charge in [0.05, 0.1) is 22.6 Å². The van der Waals surface area contributed by atoms with Gasteiger partial charge in [0, 0.05) is 23.9 Å². The second-order valence-corrected chi connectivity index (χ2v) is 8.34. The minimum Gasteiger partial charge on any atom is -0.366 e. The van der Waals surface area contributed by atoms with Crippen molar-refractivity contribution < 1.29 is 9.59 Å². The van der Waals surface area contributed by atoms with Crippen LogP contribution in [0.2, 0.25) is 0 Å². The lowest BCUT2D eigenvalue weighted by Gasteiger charge is -2.08. The van der Waals surface area contributed by atoms with Crippen molar-refractivity contribution in [2.75, 3.05) is 5.32 Å². The van der Waals surface area contributed by atoms with Crippen LogP contribution in [0.5, 0.6) is 0 Å². The highest BCUT2D eigenvalue weighted by Crippen LogP contribution is 2.24. The maximum atomic E-state index is 13.1. The van der Waals surface area contributed by atoms with Crippen molar-refractivity contribution in [2.24, 2.45) is 12.8 Å². The summed E-state index contributed by atoms with van der Waals surface area (Å²) in [7, 11) is 1.61. The van der Waals surface area contributed by atoms with Gasteiger partial charge in [-0.15, -0.1) is 9.73 Å². The molecule has 0 saturated heterocycles. The normalized spacial score (nSPS) is 11.1. The molecule has 180 valence electrons. The number of aromatic nitrogens is 6. The van der Waals surface area contributed by atoms with E-state index in [1.165, 1.54) is 19.9 Å². The standard InChI is InChI=1S/C25H22N8O3/c1-14-11-20(24(35)27-18-6-4-5-17(12-18)23(26)34)22-13-21(30-33(22)28-14)16-7-9-19(10-8-16)32-15(2)29-31(3)25(32)36/h4-13H,1-3H3,(H2,26,34)(H,27,35). The van der Waals surface area contributed by atoms with Gasteiger partial charge >= 0.3 is 5.69 Å². The number of anilines is 1. The van der Waals surface area contributed by atoms with Gasteiger partial charge in [-0.1, -0.05) is 18.2 Å². The first kappa shape index (κ1) is 22.7. The van der Waals surface area contributed by atoms with Gasteiger partial charge in [-0.2, -0.15) is 10.2 Å². The number of nitrogens with zero attached hydrogens (tertiary/aromatic N) is 6. The number of aryl methyl sites for hydroxylation is 3. The maximum absolute atomic E-state index is 13.1. The molecule has 0 radical (unpaired) electrons. The van der Waals surface area contributed by atoms with E-state index in [4.69, 9.17) is 5.73 Å². The van der Waals surface area contributed by atoms with Crippen LogP contribution in [0, 0.1) is 13.8 Å². The first-order valence-electron chi connectivity index (χ1n) is 11.0. The predicted octanol–water partition coefficient (Wildman–Crippen LogP) is 2.25. The molecular weight excluding hydrogens is 460 g/mol. The van der Waals surface area contributed by atoms with E-state index < -0.39 is 5.91 Å². The molecular formula is C25H22N8O3. The van der Waals surface area contributed by atoms with Crippen molar-refractivity contribution in [1.82, 2.24) is 29.2 Å². The average molecular weight is 483 g/mol. The third-order valence-electron chi connectivity index (χ3n) is 5.73. The third kappa shape index (κ3) is 4.02. The van der Waals surface area contributed by atoms with E-state index in [0.717, 1.165) is 5.56 Å². The molecule has 3 heterocycles. The van der Waals surface area contributed by atoms with E-state index >= 15 is 0 Å². The lowest BCUT2D eigenvalue weighted by molar-refractivity contribution is 0.0996. The van der Waals surface area contributed by atoms with Gasteiger partial charge in [-0.05, 0) is 56.3 Å². The summed E-state index contributed by atoms with van der Waals surface area (Å²) >= 11 is 0. The fraction of sp³-hybridized carbons (Fsp3) is 0.120. The number of primary amides is 1. The molecule has 0 saturated carbocycles. The zero-order valence-electron chi connectivity index (χ0n) is 19.8. The van der Waals surface area contributed by atoms with Crippen LogP contribution in [0.4, 0.5) is 5.69 Å². The van der Waals surface area contributed by atoms with Gasteiger partial charge in [0.2, 0.25) is 5.91 Å². The van der Waals surface area contributed by atoms with E-state index in [-0.39, 0.29) is 11.6 Å². The van der Waals surface area contributed by atoms with Gasteiger partial charge in [0.1, 0.15) is 11.3 Å². The number of carbonyl (C=O) groups is 2. The average Bonchev–Trinajstić information content (AvgIpc) is 3.38. The van der Waals surface area contributed by atoms with E-state index in [2.05, 4.69) is 20.6 Å². The minimum absolute atomic E-state index is 0.232. The third-order valence-corrected chi connectivity index (χ3v) is 5.73. The summed E-state index contributed by atoms with van der Waals surface area (Å²) in [6.45, 7) is 3.54. The van der Waals surface area contributed by atoms with Crippen molar-refractivity contribution in [2.45, 2.75) is 13.8 Å². The molecule has 0 aliphatic heterocycles. The summed E-state index contributed by atoms with van der Waals surface area (Å²) in [4.78, 5) is 37.0. The number of nitrogens with two attached hydrogens (primary N) is 1. The van der Waals surface area contributed by atoms with E-state index in [1.54, 1.807) is 51.2 Å². The maximum Gasteiger partial charge on any atom is 0.350 e. The zero-order chi connectivity index (χ0) is 25.6. The Morgan fingerprint density at radius 1 is 0.944 bits per heavy atom. The molecule has 11 nitrogen and oxygen atoms in total. The monoisotopic (exact) mass is 482 g/mol. The number of hydrogen-bond acceptors (Lipinski definition) is 6. The van der Waals surface area contributed by atoms with E-state index in [9.17, 15) is 14.4 Å². The van der Waals surface area contributed by atoms with Crippen LogP contribution >= 0.6 is 0 Å². The highest BCUT2D eigenvalue weighted by molar-refractivity contribution is 6.09. The summed E-state index contributed by atoms with van der Waals surface area (Å²) in [6.07, 6.45) is 0. The number of amides is 2. The van der Waals surface area contributed by atoms with E-state index in [0.29, 0.717) is 45.2 Å². The van der Waals surface area contributed by atoms with Crippen molar-refractivity contribution >= 4 is 23.0 Å². The Morgan fingerprint density at radius 2 is 1.69 bits per heavy atom. The molecule has 36 heavy (non-hydrogen) atoms. The molecule has 5 aromatic rings. The van der Waals surface area contributed by atoms with Crippen LogP contribution in [-0.2, 0) is 7.05 Å². The van der Waals surface area contributed by atoms with E-state index in [1.807, 2.05) is 24.3 Å². The Balaban J connectivity index is 1.49. The van der Waals surface area contributed by atoms with Gasteiger partial charge in [0.15, 0.2) is 0 Å². The molecule has 0 aliphatic rings. The highest BCUT2D eigenvalue weighted by Gasteiger charge is 2.17. The molecule has 0 unspecified atom stereocenters. The van der Waals surface area contributed by atoms with Crippen molar-refractivity contribution in [1.29, 1.82) is 0 Å². The molecule has 0 bridgehead atoms. The largest absolute Gasteiger partial charge is 0.366 e. The van der Waals surface area contributed by atoms with Crippen LogP contribution in [0.1, 0.15) is 32.2 Å². The fourth-order valence-electron chi connectivity index (χ4n) is 4.03. The number of fused-ring (bicyclic) bond motifs is 1. The summed E-state index contributed by atoms with van der Waals surface area (Å²) in [5.74, 6) is -0.372. The predicted molar refractivity (Wildman–Crippen MR) is 133 cm³/mol. The quantitative estimate of drug-likeness (QED) is 0.393. The lowest BCUT2D eigenvalue weighted by atomic mass is 10.1. The molecule has 0 fully saturated rings.